The highest BCUT2D eigenvalue weighted by Crippen LogP contribution is 2.31. The number of carbonyl (C=O) groups is 1. The standard InChI is InChI=1S/C21H24N4O4.ClH/c26-21(24-11-8-17(15-24)23-12-9-22-10-13-23)19-14-16(25(27)28)6-7-20(19)29-18-4-2-1-3-5-18;/h1-7,14,17,22H,8-13,15H2;1H. The van der Waals surface area contributed by atoms with Gasteiger partial charge in [-0.3, -0.25) is 19.8 Å². The quantitative estimate of drug-likeness (QED) is 0.577. The fraction of sp³-hybridized carbons (Fsp3) is 0.381. The molecular weight excluding hydrogens is 408 g/mol. The predicted molar refractivity (Wildman–Crippen MR) is 116 cm³/mol. The van der Waals surface area contributed by atoms with Crippen molar-refractivity contribution < 1.29 is 14.5 Å². The first-order chi connectivity index (χ1) is 14.1. The van der Waals surface area contributed by atoms with E-state index in [4.69, 9.17) is 4.74 Å². The van der Waals surface area contributed by atoms with E-state index >= 15 is 0 Å². The van der Waals surface area contributed by atoms with E-state index in [9.17, 15) is 14.9 Å². The van der Waals surface area contributed by atoms with Crippen molar-refractivity contribution in [1.29, 1.82) is 0 Å². The summed E-state index contributed by atoms with van der Waals surface area (Å²) in [7, 11) is 0. The minimum atomic E-state index is -0.489. The maximum absolute atomic E-state index is 13.3. The lowest BCUT2D eigenvalue weighted by Gasteiger charge is -2.32. The number of halogens is 1. The molecule has 0 bridgehead atoms. The van der Waals surface area contributed by atoms with Gasteiger partial charge >= 0.3 is 0 Å². The van der Waals surface area contributed by atoms with Crippen molar-refractivity contribution in [2.45, 2.75) is 12.5 Å². The third kappa shape index (κ3) is 4.89. The van der Waals surface area contributed by atoms with Gasteiger partial charge in [-0.25, -0.2) is 0 Å². The van der Waals surface area contributed by atoms with Gasteiger partial charge in [0.2, 0.25) is 0 Å². The van der Waals surface area contributed by atoms with Crippen LogP contribution >= 0.6 is 12.4 Å². The number of amides is 1. The molecule has 1 unspecified atom stereocenters. The maximum atomic E-state index is 13.3. The topological polar surface area (TPSA) is 87.9 Å². The van der Waals surface area contributed by atoms with Gasteiger partial charge in [0.25, 0.3) is 11.6 Å². The van der Waals surface area contributed by atoms with Crippen molar-refractivity contribution in [3.8, 4) is 11.5 Å². The van der Waals surface area contributed by atoms with Crippen LogP contribution < -0.4 is 10.1 Å². The molecule has 1 amide bonds. The number of ether oxygens (including phenoxy) is 1. The Kier molecular flexibility index (Phi) is 7.25. The summed E-state index contributed by atoms with van der Waals surface area (Å²) >= 11 is 0. The van der Waals surface area contributed by atoms with Gasteiger partial charge in [-0.1, -0.05) is 18.2 Å². The highest BCUT2D eigenvalue weighted by Gasteiger charge is 2.33. The maximum Gasteiger partial charge on any atom is 0.270 e. The van der Waals surface area contributed by atoms with E-state index in [1.807, 2.05) is 18.2 Å². The average Bonchev–Trinajstić information content (AvgIpc) is 3.25. The molecular formula is C21H25ClN4O4. The second kappa shape index (κ2) is 9.88. The molecule has 2 fully saturated rings. The molecule has 2 saturated heterocycles. The zero-order valence-electron chi connectivity index (χ0n) is 16.5. The molecule has 1 N–H and O–H groups in total. The molecule has 4 rings (SSSR count). The Morgan fingerprint density at radius 2 is 1.83 bits per heavy atom. The molecule has 160 valence electrons. The minimum absolute atomic E-state index is 0. The monoisotopic (exact) mass is 432 g/mol. The highest BCUT2D eigenvalue weighted by atomic mass is 35.5. The van der Waals surface area contributed by atoms with E-state index in [1.165, 1.54) is 18.2 Å². The number of carbonyl (C=O) groups excluding carboxylic acids is 1. The molecule has 0 radical (unpaired) electrons. The summed E-state index contributed by atoms with van der Waals surface area (Å²) in [6, 6.07) is 13.6. The van der Waals surface area contributed by atoms with E-state index < -0.39 is 4.92 Å². The molecule has 2 aromatic carbocycles. The fourth-order valence-corrected chi connectivity index (χ4v) is 3.95. The normalized spacial score (nSPS) is 19.2. The fourth-order valence-electron chi connectivity index (χ4n) is 3.95. The number of nitrogens with zero attached hydrogens (tertiary/aromatic N) is 3. The molecule has 9 heteroatoms. The van der Waals surface area contributed by atoms with Crippen LogP contribution in [0.5, 0.6) is 11.5 Å². The number of hydrogen-bond donors (Lipinski definition) is 1. The van der Waals surface area contributed by atoms with Crippen LogP contribution in [0.1, 0.15) is 16.8 Å². The van der Waals surface area contributed by atoms with Gasteiger partial charge in [-0.15, -0.1) is 12.4 Å². The Balaban J connectivity index is 0.00000256. The van der Waals surface area contributed by atoms with Crippen molar-refractivity contribution in [3.05, 3.63) is 64.2 Å². The summed E-state index contributed by atoms with van der Waals surface area (Å²) in [4.78, 5) is 28.2. The van der Waals surface area contributed by atoms with Crippen LogP contribution in [0.15, 0.2) is 48.5 Å². The number of nitro groups is 1. The number of rotatable bonds is 5. The minimum Gasteiger partial charge on any atom is -0.457 e. The van der Waals surface area contributed by atoms with E-state index in [-0.39, 0.29) is 29.6 Å². The SMILES string of the molecule is Cl.O=C(c1cc([N+](=O)[O-])ccc1Oc1ccccc1)N1CCC(N2CCNCC2)C1. The van der Waals surface area contributed by atoms with Crippen molar-refractivity contribution in [1.82, 2.24) is 15.1 Å². The molecule has 0 saturated carbocycles. The molecule has 1 atom stereocenters. The molecule has 0 spiro atoms. The van der Waals surface area contributed by atoms with Crippen molar-refractivity contribution in [2.75, 3.05) is 39.3 Å². The lowest BCUT2D eigenvalue weighted by atomic mass is 10.1. The number of benzene rings is 2. The smallest absolute Gasteiger partial charge is 0.270 e. The number of piperazine rings is 1. The van der Waals surface area contributed by atoms with Gasteiger partial charge in [-0.05, 0) is 24.6 Å². The van der Waals surface area contributed by atoms with Crippen molar-refractivity contribution in [3.63, 3.8) is 0 Å². The first-order valence-electron chi connectivity index (χ1n) is 9.87. The number of non-ortho nitro benzene ring substituents is 1. The highest BCUT2D eigenvalue weighted by molar-refractivity contribution is 5.98. The van der Waals surface area contributed by atoms with Gasteiger partial charge in [-0.2, -0.15) is 0 Å². The molecule has 2 aliphatic rings. The van der Waals surface area contributed by atoms with Crippen molar-refractivity contribution in [2.24, 2.45) is 0 Å². The second-order valence-electron chi connectivity index (χ2n) is 7.33. The summed E-state index contributed by atoms with van der Waals surface area (Å²) in [6.45, 7) is 5.15. The predicted octanol–water partition coefficient (Wildman–Crippen LogP) is 2.93. The summed E-state index contributed by atoms with van der Waals surface area (Å²) in [5.74, 6) is 0.685. The Labute approximate surface area is 181 Å². The van der Waals surface area contributed by atoms with Crippen LogP contribution in [0.2, 0.25) is 0 Å². The van der Waals surface area contributed by atoms with Crippen LogP contribution in [-0.2, 0) is 0 Å². The molecule has 2 heterocycles. The lowest BCUT2D eigenvalue weighted by Crippen LogP contribution is -2.49. The summed E-state index contributed by atoms with van der Waals surface area (Å²) < 4.78 is 5.88. The van der Waals surface area contributed by atoms with Gasteiger partial charge in [0.15, 0.2) is 0 Å². The average molecular weight is 433 g/mol. The Hall–Kier alpha value is -2.68. The molecule has 8 nitrogen and oxygen atoms in total. The summed E-state index contributed by atoms with van der Waals surface area (Å²) in [5, 5.41) is 14.6. The van der Waals surface area contributed by atoms with E-state index in [0.717, 1.165) is 32.6 Å². The number of likely N-dealkylation sites (tertiary alicyclic amines) is 1. The van der Waals surface area contributed by atoms with E-state index in [1.54, 1.807) is 17.0 Å². The van der Waals surface area contributed by atoms with Gasteiger partial charge in [0, 0.05) is 57.4 Å². The second-order valence-corrected chi connectivity index (χ2v) is 7.33. The van der Waals surface area contributed by atoms with E-state index in [2.05, 4.69) is 10.2 Å². The number of para-hydroxylation sites is 1. The number of hydrogen-bond acceptors (Lipinski definition) is 6. The van der Waals surface area contributed by atoms with Crippen LogP contribution in [0.25, 0.3) is 0 Å². The molecule has 2 aromatic rings. The number of nitrogens with one attached hydrogen (secondary N) is 1. The lowest BCUT2D eigenvalue weighted by molar-refractivity contribution is -0.384. The zero-order valence-corrected chi connectivity index (χ0v) is 17.3. The molecule has 30 heavy (non-hydrogen) atoms. The van der Waals surface area contributed by atoms with Crippen LogP contribution in [0.4, 0.5) is 5.69 Å². The molecule has 2 aliphatic heterocycles. The zero-order chi connectivity index (χ0) is 20.2. The third-order valence-electron chi connectivity index (χ3n) is 5.49. The van der Waals surface area contributed by atoms with Crippen LogP contribution in [-0.4, -0.2) is 65.9 Å². The number of nitro benzene ring substituents is 1. The van der Waals surface area contributed by atoms with Crippen LogP contribution in [0.3, 0.4) is 0 Å². The van der Waals surface area contributed by atoms with Crippen LogP contribution in [0, 0.1) is 10.1 Å². The van der Waals surface area contributed by atoms with Crippen molar-refractivity contribution >= 4 is 24.0 Å². The largest absolute Gasteiger partial charge is 0.457 e. The first-order valence-corrected chi connectivity index (χ1v) is 9.87. The Bertz CT molecular complexity index is 890. The van der Waals surface area contributed by atoms with Gasteiger partial charge in [0.1, 0.15) is 11.5 Å². The first kappa shape index (κ1) is 22.0. The Morgan fingerprint density at radius 3 is 2.53 bits per heavy atom. The summed E-state index contributed by atoms with van der Waals surface area (Å²) in [6.07, 6.45) is 0.912. The van der Waals surface area contributed by atoms with E-state index in [0.29, 0.717) is 30.6 Å². The third-order valence-corrected chi connectivity index (χ3v) is 5.49. The van der Waals surface area contributed by atoms with Gasteiger partial charge < -0.3 is 15.0 Å². The molecule has 0 aromatic heterocycles. The Morgan fingerprint density at radius 1 is 1.10 bits per heavy atom. The van der Waals surface area contributed by atoms with Gasteiger partial charge in [0.05, 0.1) is 10.5 Å². The molecule has 0 aliphatic carbocycles. The summed E-state index contributed by atoms with van der Waals surface area (Å²) in [5.41, 5.74) is 0.107.